The number of ether oxygens (including phenoxy) is 2. The number of carbonyl (C=O) groups is 1. The van der Waals surface area contributed by atoms with E-state index in [-0.39, 0.29) is 12.7 Å². The van der Waals surface area contributed by atoms with E-state index in [0.29, 0.717) is 34.4 Å². The average Bonchev–Trinajstić information content (AvgIpc) is 3.28. The molecule has 2 aliphatic heterocycles. The first kappa shape index (κ1) is 16.3. The highest BCUT2D eigenvalue weighted by Gasteiger charge is 2.24. The molecule has 25 heavy (non-hydrogen) atoms. The van der Waals surface area contributed by atoms with Crippen molar-refractivity contribution in [3.05, 3.63) is 18.2 Å². The molecule has 7 nitrogen and oxygen atoms in total. The van der Waals surface area contributed by atoms with Crippen LogP contribution in [0, 0.1) is 0 Å². The monoisotopic (exact) mass is 361 g/mol. The summed E-state index contributed by atoms with van der Waals surface area (Å²) in [5.41, 5.74) is 0.763. The summed E-state index contributed by atoms with van der Waals surface area (Å²) in [5.74, 6) is 2.21. The number of benzene rings is 1. The molecule has 132 valence electrons. The van der Waals surface area contributed by atoms with E-state index in [1.54, 1.807) is 0 Å². The molecule has 0 spiro atoms. The Kier molecular flexibility index (Phi) is 4.52. The van der Waals surface area contributed by atoms with Crippen molar-refractivity contribution in [3.8, 4) is 23.0 Å². The Morgan fingerprint density at radius 2 is 2.16 bits per heavy atom. The van der Waals surface area contributed by atoms with Gasteiger partial charge in [0.05, 0.1) is 5.75 Å². The highest BCUT2D eigenvalue weighted by Crippen LogP contribution is 2.36. The molecule has 1 fully saturated rings. The van der Waals surface area contributed by atoms with Gasteiger partial charge in [-0.25, -0.2) is 0 Å². The molecule has 2 aliphatic rings. The number of amides is 1. The van der Waals surface area contributed by atoms with Gasteiger partial charge in [-0.1, -0.05) is 11.8 Å². The van der Waals surface area contributed by atoms with Gasteiger partial charge in [-0.05, 0) is 44.4 Å². The summed E-state index contributed by atoms with van der Waals surface area (Å²) in [6.45, 7) is 3.17. The van der Waals surface area contributed by atoms with Gasteiger partial charge in [-0.3, -0.25) is 4.79 Å². The van der Waals surface area contributed by atoms with Gasteiger partial charge in [-0.15, -0.1) is 10.2 Å². The van der Waals surface area contributed by atoms with Crippen LogP contribution >= 0.6 is 11.8 Å². The van der Waals surface area contributed by atoms with E-state index < -0.39 is 0 Å². The van der Waals surface area contributed by atoms with Crippen molar-refractivity contribution in [3.63, 3.8) is 0 Å². The second-order valence-corrected chi connectivity index (χ2v) is 7.09. The molecule has 1 unspecified atom stereocenters. The summed E-state index contributed by atoms with van der Waals surface area (Å²) in [4.78, 5) is 14.3. The zero-order chi connectivity index (χ0) is 17.2. The van der Waals surface area contributed by atoms with Gasteiger partial charge in [0.25, 0.3) is 5.22 Å². The lowest BCUT2D eigenvalue weighted by atomic mass is 10.0. The first-order chi connectivity index (χ1) is 12.2. The number of nitrogens with zero attached hydrogens (tertiary/aromatic N) is 3. The molecule has 3 heterocycles. The molecule has 4 rings (SSSR count). The number of fused-ring (bicyclic) bond motifs is 1. The van der Waals surface area contributed by atoms with Crippen LogP contribution in [-0.4, -0.2) is 46.1 Å². The van der Waals surface area contributed by atoms with Gasteiger partial charge < -0.3 is 18.8 Å². The van der Waals surface area contributed by atoms with Crippen LogP contribution in [0.4, 0.5) is 0 Å². The smallest absolute Gasteiger partial charge is 0.277 e. The van der Waals surface area contributed by atoms with E-state index >= 15 is 0 Å². The third-order valence-corrected chi connectivity index (χ3v) is 5.27. The molecule has 1 atom stereocenters. The van der Waals surface area contributed by atoms with Gasteiger partial charge in [-0.2, -0.15) is 0 Å². The molecular formula is C17H19N3O4S. The van der Waals surface area contributed by atoms with Crippen LogP contribution in [0.1, 0.15) is 26.2 Å². The normalized spacial score (nSPS) is 19.2. The van der Waals surface area contributed by atoms with Crippen molar-refractivity contribution in [2.24, 2.45) is 0 Å². The Morgan fingerprint density at radius 1 is 1.28 bits per heavy atom. The minimum Gasteiger partial charge on any atom is -0.454 e. The third-order valence-electron chi connectivity index (χ3n) is 4.47. The molecule has 0 aliphatic carbocycles. The maximum absolute atomic E-state index is 12.4. The molecule has 2 aromatic rings. The molecule has 8 heteroatoms. The van der Waals surface area contributed by atoms with Gasteiger partial charge in [0, 0.05) is 18.2 Å². The molecule has 1 amide bonds. The standard InChI is InChI=1S/C17H19N3O4S/c1-11-4-2-3-7-20(11)15(21)9-25-17-19-18-16(24-17)12-5-6-13-14(8-12)23-10-22-13/h5-6,8,11H,2-4,7,9-10H2,1H3. The molecule has 1 saturated heterocycles. The van der Waals surface area contributed by atoms with E-state index in [9.17, 15) is 4.79 Å². The SMILES string of the molecule is CC1CCCCN1C(=O)CSc1nnc(-c2ccc3c(c2)OCO3)o1. The Labute approximate surface area is 149 Å². The van der Waals surface area contributed by atoms with Crippen LogP contribution in [-0.2, 0) is 4.79 Å². The van der Waals surface area contributed by atoms with Crippen molar-refractivity contribution in [2.45, 2.75) is 37.5 Å². The number of rotatable bonds is 4. The van der Waals surface area contributed by atoms with Crippen LogP contribution in [0.2, 0.25) is 0 Å². The summed E-state index contributed by atoms with van der Waals surface area (Å²) in [6, 6.07) is 5.78. The summed E-state index contributed by atoms with van der Waals surface area (Å²) < 4.78 is 16.3. The van der Waals surface area contributed by atoms with Crippen molar-refractivity contribution in [1.82, 2.24) is 15.1 Å². The third kappa shape index (κ3) is 3.44. The lowest BCUT2D eigenvalue weighted by Gasteiger charge is -2.33. The lowest BCUT2D eigenvalue weighted by Crippen LogP contribution is -2.42. The van der Waals surface area contributed by atoms with Crippen LogP contribution in [0.5, 0.6) is 11.5 Å². The maximum atomic E-state index is 12.4. The average molecular weight is 361 g/mol. The molecule has 1 aromatic heterocycles. The first-order valence-electron chi connectivity index (χ1n) is 8.36. The fraction of sp³-hybridized carbons (Fsp3) is 0.471. The Hall–Kier alpha value is -2.22. The number of hydrogen-bond acceptors (Lipinski definition) is 7. The van der Waals surface area contributed by atoms with Crippen LogP contribution in [0.25, 0.3) is 11.5 Å². The van der Waals surface area contributed by atoms with Gasteiger partial charge in [0.15, 0.2) is 11.5 Å². The van der Waals surface area contributed by atoms with E-state index in [2.05, 4.69) is 17.1 Å². The zero-order valence-electron chi connectivity index (χ0n) is 13.9. The summed E-state index contributed by atoms with van der Waals surface area (Å²) in [6.07, 6.45) is 3.35. The van der Waals surface area contributed by atoms with E-state index in [0.717, 1.165) is 24.9 Å². The quantitative estimate of drug-likeness (QED) is 0.775. The van der Waals surface area contributed by atoms with Crippen LogP contribution < -0.4 is 9.47 Å². The van der Waals surface area contributed by atoms with Gasteiger partial charge >= 0.3 is 0 Å². The van der Waals surface area contributed by atoms with Gasteiger partial charge in [0.2, 0.25) is 18.6 Å². The van der Waals surface area contributed by atoms with Crippen LogP contribution in [0.3, 0.4) is 0 Å². The highest BCUT2D eigenvalue weighted by atomic mass is 32.2. The minimum absolute atomic E-state index is 0.125. The zero-order valence-corrected chi connectivity index (χ0v) is 14.8. The summed E-state index contributed by atoms with van der Waals surface area (Å²) >= 11 is 1.28. The predicted octanol–water partition coefficient (Wildman–Crippen LogP) is 2.96. The molecule has 0 radical (unpaired) electrons. The predicted molar refractivity (Wildman–Crippen MR) is 91.6 cm³/mol. The molecule has 0 bridgehead atoms. The molecule has 1 aromatic carbocycles. The largest absolute Gasteiger partial charge is 0.454 e. The topological polar surface area (TPSA) is 77.7 Å². The maximum Gasteiger partial charge on any atom is 0.277 e. The number of piperidine rings is 1. The Bertz CT molecular complexity index is 779. The van der Waals surface area contributed by atoms with E-state index in [1.807, 2.05) is 23.1 Å². The lowest BCUT2D eigenvalue weighted by molar-refractivity contribution is -0.131. The Morgan fingerprint density at radius 3 is 3.04 bits per heavy atom. The summed E-state index contributed by atoms with van der Waals surface area (Å²) in [7, 11) is 0. The van der Waals surface area contributed by atoms with E-state index in [4.69, 9.17) is 13.9 Å². The second kappa shape index (κ2) is 6.95. The molecule has 0 N–H and O–H groups in total. The number of thioether (sulfide) groups is 1. The number of likely N-dealkylation sites (tertiary alicyclic amines) is 1. The molecule has 0 saturated carbocycles. The Balaban J connectivity index is 1.39. The van der Waals surface area contributed by atoms with Crippen LogP contribution in [0.15, 0.2) is 27.8 Å². The van der Waals surface area contributed by atoms with Crippen molar-refractivity contribution < 1.29 is 18.7 Å². The summed E-state index contributed by atoms with van der Waals surface area (Å²) in [5, 5.41) is 8.48. The molecular weight excluding hydrogens is 342 g/mol. The van der Waals surface area contributed by atoms with Crippen molar-refractivity contribution >= 4 is 17.7 Å². The van der Waals surface area contributed by atoms with Gasteiger partial charge in [0.1, 0.15) is 0 Å². The highest BCUT2D eigenvalue weighted by molar-refractivity contribution is 7.99. The fourth-order valence-electron chi connectivity index (χ4n) is 3.09. The minimum atomic E-state index is 0.125. The van der Waals surface area contributed by atoms with Crippen molar-refractivity contribution in [1.29, 1.82) is 0 Å². The number of aromatic nitrogens is 2. The van der Waals surface area contributed by atoms with Crippen molar-refractivity contribution in [2.75, 3.05) is 19.1 Å². The number of hydrogen-bond donors (Lipinski definition) is 0. The fourth-order valence-corrected chi connectivity index (χ4v) is 3.74. The van der Waals surface area contributed by atoms with E-state index in [1.165, 1.54) is 18.2 Å². The number of carbonyl (C=O) groups excluding carboxylic acids is 1. The first-order valence-corrected chi connectivity index (χ1v) is 9.35. The second-order valence-electron chi connectivity index (χ2n) is 6.16.